The van der Waals surface area contributed by atoms with Crippen molar-refractivity contribution in [3.63, 3.8) is 0 Å². The molecule has 0 bridgehead atoms. The van der Waals surface area contributed by atoms with Crippen LogP contribution in [-0.4, -0.2) is 33.3 Å². The van der Waals surface area contributed by atoms with Crippen molar-refractivity contribution in [3.05, 3.63) is 95.1 Å². The number of nitrogens with zero attached hydrogens (tertiary/aromatic N) is 2. The second kappa shape index (κ2) is 11.7. The van der Waals surface area contributed by atoms with Crippen molar-refractivity contribution < 1.29 is 17.9 Å². The SMILES string of the molecule is Cc1ccc(COc2ccc(/C=N\NC(=O)CN(c3ccc(C(C)C)cc3)S(C)(=O)=O)cc2)cc1. The van der Waals surface area contributed by atoms with E-state index in [1.807, 2.05) is 67.6 Å². The molecule has 0 saturated heterocycles. The lowest BCUT2D eigenvalue weighted by Crippen LogP contribution is -2.39. The predicted octanol–water partition coefficient (Wildman–Crippen LogP) is 4.61. The number of sulfonamides is 1. The molecule has 0 spiro atoms. The molecule has 3 rings (SSSR count). The monoisotopic (exact) mass is 493 g/mol. The maximum Gasteiger partial charge on any atom is 0.260 e. The van der Waals surface area contributed by atoms with Gasteiger partial charge in [-0.25, -0.2) is 13.8 Å². The third-order valence-electron chi connectivity index (χ3n) is 5.34. The van der Waals surface area contributed by atoms with E-state index in [9.17, 15) is 13.2 Å². The Bertz CT molecular complexity index is 1250. The van der Waals surface area contributed by atoms with Crippen molar-refractivity contribution in [2.75, 3.05) is 17.1 Å². The molecule has 3 aromatic rings. The molecule has 0 aliphatic rings. The van der Waals surface area contributed by atoms with Crippen LogP contribution in [0.2, 0.25) is 0 Å². The topological polar surface area (TPSA) is 88.1 Å². The van der Waals surface area contributed by atoms with Gasteiger partial charge in [-0.15, -0.1) is 0 Å². The van der Waals surface area contributed by atoms with Gasteiger partial charge in [0, 0.05) is 0 Å². The smallest absolute Gasteiger partial charge is 0.260 e. The molecule has 0 saturated carbocycles. The summed E-state index contributed by atoms with van der Waals surface area (Å²) >= 11 is 0. The van der Waals surface area contributed by atoms with E-state index in [0.717, 1.165) is 33.0 Å². The zero-order valence-electron chi connectivity index (χ0n) is 20.4. The number of amides is 1. The number of benzene rings is 3. The van der Waals surface area contributed by atoms with Crippen molar-refractivity contribution in [2.24, 2.45) is 5.10 Å². The highest BCUT2D eigenvalue weighted by atomic mass is 32.2. The lowest BCUT2D eigenvalue weighted by Gasteiger charge is -2.21. The van der Waals surface area contributed by atoms with Crippen LogP contribution in [0.3, 0.4) is 0 Å². The zero-order valence-corrected chi connectivity index (χ0v) is 21.2. The van der Waals surface area contributed by atoms with Gasteiger partial charge in [0.1, 0.15) is 18.9 Å². The van der Waals surface area contributed by atoms with E-state index in [0.29, 0.717) is 18.2 Å². The highest BCUT2D eigenvalue weighted by Gasteiger charge is 2.20. The molecular weight excluding hydrogens is 462 g/mol. The van der Waals surface area contributed by atoms with Crippen molar-refractivity contribution in [3.8, 4) is 5.75 Å². The first-order valence-electron chi connectivity index (χ1n) is 11.3. The molecule has 0 atom stereocenters. The third-order valence-corrected chi connectivity index (χ3v) is 6.48. The summed E-state index contributed by atoms with van der Waals surface area (Å²) in [6.45, 7) is 6.26. The average Bonchev–Trinajstić information content (AvgIpc) is 2.82. The first-order valence-corrected chi connectivity index (χ1v) is 13.1. The van der Waals surface area contributed by atoms with Crippen LogP contribution < -0.4 is 14.5 Å². The summed E-state index contributed by atoms with van der Waals surface area (Å²) in [6.07, 6.45) is 2.56. The van der Waals surface area contributed by atoms with Crippen LogP contribution in [0.25, 0.3) is 0 Å². The zero-order chi connectivity index (χ0) is 25.4. The molecule has 0 aliphatic heterocycles. The Labute approximate surface area is 207 Å². The summed E-state index contributed by atoms with van der Waals surface area (Å²) in [5, 5.41) is 3.95. The van der Waals surface area contributed by atoms with Crippen molar-refractivity contribution >= 4 is 27.8 Å². The van der Waals surface area contributed by atoms with Crippen molar-refractivity contribution in [2.45, 2.75) is 33.3 Å². The van der Waals surface area contributed by atoms with Crippen molar-refractivity contribution in [1.82, 2.24) is 5.43 Å². The number of hydrazone groups is 1. The maximum absolute atomic E-state index is 12.4. The predicted molar refractivity (Wildman–Crippen MR) is 140 cm³/mol. The fraction of sp³-hybridized carbons (Fsp3) is 0.259. The summed E-state index contributed by atoms with van der Waals surface area (Å²) in [5.74, 6) is 0.499. The Morgan fingerprint density at radius 3 is 2.20 bits per heavy atom. The fourth-order valence-electron chi connectivity index (χ4n) is 3.27. The van der Waals surface area contributed by atoms with Crippen LogP contribution in [0.1, 0.15) is 42.0 Å². The summed E-state index contributed by atoms with van der Waals surface area (Å²) < 4.78 is 31.4. The van der Waals surface area contributed by atoms with Gasteiger partial charge in [-0.1, -0.05) is 55.8 Å². The molecule has 8 heteroatoms. The summed E-state index contributed by atoms with van der Waals surface area (Å²) in [7, 11) is -3.65. The van der Waals surface area contributed by atoms with E-state index >= 15 is 0 Å². The molecule has 0 aromatic heterocycles. The first kappa shape index (κ1) is 26.0. The van der Waals surface area contributed by atoms with Crippen LogP contribution >= 0.6 is 0 Å². The van der Waals surface area contributed by atoms with Gasteiger partial charge in [-0.3, -0.25) is 9.10 Å². The number of hydrogen-bond donors (Lipinski definition) is 1. The van der Waals surface area contributed by atoms with Gasteiger partial charge in [0.25, 0.3) is 5.91 Å². The summed E-state index contributed by atoms with van der Waals surface area (Å²) in [6, 6.07) is 22.6. The molecule has 184 valence electrons. The lowest BCUT2D eigenvalue weighted by molar-refractivity contribution is -0.119. The molecule has 0 fully saturated rings. The van der Waals surface area contributed by atoms with Gasteiger partial charge in [-0.2, -0.15) is 5.10 Å². The molecule has 7 nitrogen and oxygen atoms in total. The molecule has 3 aromatic carbocycles. The summed E-state index contributed by atoms with van der Waals surface area (Å²) in [4.78, 5) is 12.4. The minimum absolute atomic E-state index is 0.321. The number of carbonyl (C=O) groups is 1. The van der Waals surface area contributed by atoms with E-state index in [4.69, 9.17) is 4.74 Å². The van der Waals surface area contributed by atoms with Gasteiger partial charge >= 0.3 is 0 Å². The molecular formula is C27H31N3O4S. The minimum atomic E-state index is -3.65. The molecule has 0 radical (unpaired) electrons. The van der Waals surface area contributed by atoms with Crippen LogP contribution in [0.15, 0.2) is 77.9 Å². The number of hydrogen-bond acceptors (Lipinski definition) is 5. The van der Waals surface area contributed by atoms with E-state index in [1.54, 1.807) is 12.1 Å². The average molecular weight is 494 g/mol. The fourth-order valence-corrected chi connectivity index (χ4v) is 4.13. The molecule has 0 aliphatic carbocycles. The summed E-state index contributed by atoms with van der Waals surface area (Å²) in [5.41, 5.74) is 6.96. The van der Waals surface area contributed by atoms with Crippen LogP contribution in [0, 0.1) is 6.92 Å². The van der Waals surface area contributed by atoms with Crippen LogP contribution in [-0.2, 0) is 21.4 Å². The Balaban J connectivity index is 1.54. The van der Waals surface area contributed by atoms with Gasteiger partial charge in [0.05, 0.1) is 18.2 Å². The van der Waals surface area contributed by atoms with Crippen LogP contribution in [0.5, 0.6) is 5.75 Å². The van der Waals surface area contributed by atoms with Gasteiger partial charge in [0.15, 0.2) is 0 Å². The number of nitrogens with one attached hydrogen (secondary N) is 1. The van der Waals surface area contributed by atoms with Gasteiger partial charge in [-0.05, 0) is 65.9 Å². The Hall–Kier alpha value is -3.65. The highest BCUT2D eigenvalue weighted by molar-refractivity contribution is 7.92. The van der Waals surface area contributed by atoms with Gasteiger partial charge < -0.3 is 4.74 Å². The Morgan fingerprint density at radius 2 is 1.63 bits per heavy atom. The number of anilines is 1. The normalized spacial score (nSPS) is 11.6. The minimum Gasteiger partial charge on any atom is -0.489 e. The van der Waals surface area contributed by atoms with Gasteiger partial charge in [0.2, 0.25) is 10.0 Å². The lowest BCUT2D eigenvalue weighted by atomic mass is 10.0. The second-order valence-corrected chi connectivity index (χ2v) is 10.6. The standard InChI is InChI=1S/C27H31N3O4S/c1-20(2)24-11-13-25(14-12-24)30(35(4,32)33)18-27(31)29-28-17-22-9-15-26(16-10-22)34-19-23-7-5-21(3)6-8-23/h5-17,20H,18-19H2,1-4H3,(H,29,31)/b28-17-. The largest absolute Gasteiger partial charge is 0.489 e. The highest BCUT2D eigenvalue weighted by Crippen LogP contribution is 2.22. The molecule has 1 N–H and O–H groups in total. The Kier molecular flexibility index (Phi) is 8.65. The molecule has 0 heterocycles. The van der Waals surface area contributed by atoms with E-state index in [1.165, 1.54) is 11.8 Å². The number of ether oxygens (including phenoxy) is 1. The number of rotatable bonds is 10. The van der Waals surface area contributed by atoms with E-state index in [-0.39, 0.29) is 6.54 Å². The van der Waals surface area contributed by atoms with E-state index < -0.39 is 15.9 Å². The van der Waals surface area contributed by atoms with Crippen LogP contribution in [0.4, 0.5) is 5.69 Å². The Morgan fingerprint density at radius 1 is 1.00 bits per heavy atom. The van der Waals surface area contributed by atoms with E-state index in [2.05, 4.69) is 24.4 Å². The molecule has 0 unspecified atom stereocenters. The molecule has 1 amide bonds. The maximum atomic E-state index is 12.4. The second-order valence-electron chi connectivity index (χ2n) is 8.65. The number of aryl methyl sites for hydroxylation is 1. The molecule has 35 heavy (non-hydrogen) atoms. The van der Waals surface area contributed by atoms with Crippen molar-refractivity contribution in [1.29, 1.82) is 0 Å². The quantitative estimate of drug-likeness (QED) is 0.330. The number of carbonyl (C=O) groups excluding carboxylic acids is 1. The third kappa shape index (κ3) is 7.96. The first-order chi connectivity index (χ1) is 16.6.